The Kier molecular flexibility index (Phi) is 3.39. The van der Waals surface area contributed by atoms with Gasteiger partial charge in [0, 0.05) is 6.04 Å². The molecule has 0 spiro atoms. The Labute approximate surface area is 97.1 Å². The summed E-state index contributed by atoms with van der Waals surface area (Å²) in [5.74, 6) is 0. The molecule has 1 aromatic rings. The zero-order valence-electron chi connectivity index (χ0n) is 9.78. The van der Waals surface area contributed by atoms with E-state index >= 15 is 0 Å². The predicted octanol–water partition coefficient (Wildman–Crippen LogP) is 2.29. The van der Waals surface area contributed by atoms with E-state index in [0.717, 1.165) is 24.8 Å². The fourth-order valence-electron chi connectivity index (χ4n) is 2.51. The highest BCUT2D eigenvalue weighted by molar-refractivity contribution is 5.69. The molecule has 16 heavy (non-hydrogen) atoms. The molecule has 1 aliphatic heterocycles. The maximum Gasteiger partial charge on any atom is 0.131 e. The van der Waals surface area contributed by atoms with Crippen LogP contribution in [0.3, 0.4) is 0 Å². The Morgan fingerprint density at radius 3 is 2.62 bits per heavy atom. The van der Waals surface area contributed by atoms with Crippen LogP contribution in [0.2, 0.25) is 0 Å². The summed E-state index contributed by atoms with van der Waals surface area (Å²) in [4.78, 5) is 11.5. The highest BCUT2D eigenvalue weighted by Crippen LogP contribution is 2.29. The molecule has 1 fully saturated rings. The summed E-state index contributed by atoms with van der Waals surface area (Å²) in [5.41, 5.74) is 0.728. The molecule has 2 rings (SSSR count). The third kappa shape index (κ3) is 2.03. The van der Waals surface area contributed by atoms with Gasteiger partial charge in [-0.05, 0) is 31.9 Å². The van der Waals surface area contributed by atoms with Gasteiger partial charge in [-0.1, -0.05) is 36.8 Å². The fraction of sp³-hybridized carbons (Fsp3) is 0.500. The van der Waals surface area contributed by atoms with Gasteiger partial charge in [0.25, 0.3) is 0 Å². The van der Waals surface area contributed by atoms with Crippen molar-refractivity contribution in [3.63, 3.8) is 0 Å². The van der Waals surface area contributed by atoms with Crippen LogP contribution in [0.25, 0.3) is 0 Å². The molecule has 1 aliphatic rings. The number of nitrogens with one attached hydrogen (secondary N) is 1. The van der Waals surface area contributed by atoms with E-state index in [0.29, 0.717) is 0 Å². The van der Waals surface area contributed by atoms with Crippen LogP contribution in [-0.4, -0.2) is 18.9 Å². The average molecular weight is 217 g/mol. The van der Waals surface area contributed by atoms with E-state index in [2.05, 4.69) is 5.32 Å². The average Bonchev–Trinajstić information content (AvgIpc) is 2.40. The molecule has 1 N–H and O–H groups in total. The van der Waals surface area contributed by atoms with Crippen LogP contribution in [0.1, 0.15) is 31.7 Å². The zero-order chi connectivity index (χ0) is 11.4. The van der Waals surface area contributed by atoms with Crippen molar-refractivity contribution in [2.75, 3.05) is 6.54 Å². The molecule has 86 valence electrons. The van der Waals surface area contributed by atoms with Gasteiger partial charge in [-0.2, -0.15) is 0 Å². The molecule has 1 heterocycles. The van der Waals surface area contributed by atoms with Crippen LogP contribution < -0.4 is 5.32 Å². The van der Waals surface area contributed by atoms with Crippen molar-refractivity contribution in [3.8, 4) is 0 Å². The van der Waals surface area contributed by atoms with Gasteiger partial charge >= 0.3 is 0 Å². The molecule has 0 bridgehead atoms. The van der Waals surface area contributed by atoms with Gasteiger partial charge in [0.1, 0.15) is 6.29 Å². The molecule has 0 aliphatic carbocycles. The minimum absolute atomic E-state index is 0.279. The Bertz CT molecular complexity index is 343. The van der Waals surface area contributed by atoms with Gasteiger partial charge in [0.2, 0.25) is 0 Å². The van der Waals surface area contributed by atoms with E-state index in [9.17, 15) is 4.79 Å². The Hall–Kier alpha value is -1.15. The maximum atomic E-state index is 11.5. The molecule has 2 nitrogen and oxygen atoms in total. The largest absolute Gasteiger partial charge is 0.313 e. The van der Waals surface area contributed by atoms with E-state index in [1.807, 2.05) is 37.3 Å². The lowest BCUT2D eigenvalue weighted by Gasteiger charge is -2.36. The number of carbonyl (C=O) groups excluding carboxylic acids is 1. The molecule has 0 radical (unpaired) electrons. The molecule has 1 aromatic carbocycles. The minimum atomic E-state index is -0.387. The molecular weight excluding hydrogens is 198 g/mol. The summed E-state index contributed by atoms with van der Waals surface area (Å²) < 4.78 is 0. The third-order valence-electron chi connectivity index (χ3n) is 3.67. The van der Waals surface area contributed by atoms with Crippen molar-refractivity contribution >= 4 is 6.29 Å². The van der Waals surface area contributed by atoms with E-state index in [-0.39, 0.29) is 11.5 Å². The van der Waals surface area contributed by atoms with Crippen molar-refractivity contribution in [2.45, 2.75) is 37.6 Å². The van der Waals surface area contributed by atoms with Gasteiger partial charge < -0.3 is 10.1 Å². The maximum absolute atomic E-state index is 11.5. The minimum Gasteiger partial charge on any atom is -0.313 e. The van der Waals surface area contributed by atoms with Crippen molar-refractivity contribution < 1.29 is 4.79 Å². The monoisotopic (exact) mass is 217 g/mol. The molecule has 2 heteroatoms. The van der Waals surface area contributed by atoms with Crippen molar-refractivity contribution in [1.82, 2.24) is 5.32 Å². The highest BCUT2D eigenvalue weighted by Gasteiger charge is 2.36. The van der Waals surface area contributed by atoms with E-state index in [1.54, 1.807) is 0 Å². The molecule has 0 aromatic heterocycles. The van der Waals surface area contributed by atoms with E-state index in [4.69, 9.17) is 0 Å². The van der Waals surface area contributed by atoms with Crippen LogP contribution in [0.5, 0.6) is 0 Å². The quantitative estimate of drug-likeness (QED) is 0.787. The zero-order valence-corrected chi connectivity index (χ0v) is 9.78. The normalized spacial score (nSPS) is 24.7. The van der Waals surface area contributed by atoms with Crippen LogP contribution in [0, 0.1) is 0 Å². The third-order valence-corrected chi connectivity index (χ3v) is 3.67. The number of piperidine rings is 1. The van der Waals surface area contributed by atoms with Crippen LogP contribution >= 0.6 is 0 Å². The Balaban J connectivity index is 2.27. The van der Waals surface area contributed by atoms with Crippen LogP contribution in [0.15, 0.2) is 30.3 Å². The lowest BCUT2D eigenvalue weighted by Crippen LogP contribution is -2.50. The summed E-state index contributed by atoms with van der Waals surface area (Å²) in [6, 6.07) is 10.4. The van der Waals surface area contributed by atoms with Crippen molar-refractivity contribution in [2.24, 2.45) is 0 Å². The SMILES string of the molecule is CC(C=O)(c1ccccc1)C1CCCCN1. The lowest BCUT2D eigenvalue weighted by atomic mass is 9.74. The Morgan fingerprint density at radius 2 is 2.06 bits per heavy atom. The van der Waals surface area contributed by atoms with E-state index < -0.39 is 0 Å². The van der Waals surface area contributed by atoms with Gasteiger partial charge in [-0.25, -0.2) is 0 Å². The van der Waals surface area contributed by atoms with Crippen LogP contribution in [-0.2, 0) is 10.2 Å². The number of hydrogen-bond acceptors (Lipinski definition) is 2. The first-order valence-corrected chi connectivity index (χ1v) is 6.02. The van der Waals surface area contributed by atoms with Crippen LogP contribution in [0.4, 0.5) is 0 Å². The number of carbonyl (C=O) groups is 1. The summed E-state index contributed by atoms with van der Waals surface area (Å²) in [6.07, 6.45) is 4.63. The van der Waals surface area contributed by atoms with Crippen molar-refractivity contribution in [1.29, 1.82) is 0 Å². The number of benzene rings is 1. The highest BCUT2D eigenvalue weighted by atomic mass is 16.1. The van der Waals surface area contributed by atoms with Gasteiger partial charge in [0.05, 0.1) is 5.41 Å². The summed E-state index contributed by atoms with van der Waals surface area (Å²) in [6.45, 7) is 3.07. The van der Waals surface area contributed by atoms with Gasteiger partial charge in [-0.3, -0.25) is 0 Å². The fourth-order valence-corrected chi connectivity index (χ4v) is 2.51. The van der Waals surface area contributed by atoms with Gasteiger partial charge in [-0.15, -0.1) is 0 Å². The summed E-state index contributed by atoms with van der Waals surface area (Å²) in [7, 11) is 0. The molecule has 1 saturated heterocycles. The second kappa shape index (κ2) is 4.79. The summed E-state index contributed by atoms with van der Waals surface area (Å²) in [5, 5.41) is 3.48. The molecular formula is C14H19NO. The topological polar surface area (TPSA) is 29.1 Å². The van der Waals surface area contributed by atoms with E-state index in [1.165, 1.54) is 12.8 Å². The lowest BCUT2D eigenvalue weighted by molar-refractivity contribution is -0.113. The first-order valence-electron chi connectivity index (χ1n) is 6.02. The first-order chi connectivity index (χ1) is 7.77. The molecule has 0 amide bonds. The van der Waals surface area contributed by atoms with Gasteiger partial charge in [0.15, 0.2) is 0 Å². The summed E-state index contributed by atoms with van der Waals surface area (Å²) >= 11 is 0. The standard InChI is InChI=1S/C14H19NO/c1-14(11-16,12-7-3-2-4-8-12)13-9-5-6-10-15-13/h2-4,7-8,11,13,15H,5-6,9-10H2,1H3. The first kappa shape index (κ1) is 11.3. The predicted molar refractivity (Wildman–Crippen MR) is 65.5 cm³/mol. The second-order valence-corrected chi connectivity index (χ2v) is 4.77. The Morgan fingerprint density at radius 1 is 1.31 bits per heavy atom. The number of aldehydes is 1. The number of rotatable bonds is 3. The molecule has 2 atom stereocenters. The number of hydrogen-bond donors (Lipinski definition) is 1. The molecule has 2 unspecified atom stereocenters. The van der Waals surface area contributed by atoms with Crippen molar-refractivity contribution in [3.05, 3.63) is 35.9 Å². The molecule has 0 saturated carbocycles. The smallest absolute Gasteiger partial charge is 0.131 e. The second-order valence-electron chi connectivity index (χ2n) is 4.77.